The van der Waals surface area contributed by atoms with Crippen LogP contribution in [-0.4, -0.2) is 51.6 Å². The summed E-state index contributed by atoms with van der Waals surface area (Å²) in [6.07, 6.45) is 5.73. The first-order valence-corrected chi connectivity index (χ1v) is 10.5. The van der Waals surface area contributed by atoms with E-state index in [1.165, 1.54) is 19.3 Å². The van der Waals surface area contributed by atoms with Gasteiger partial charge in [0.2, 0.25) is 0 Å². The van der Waals surface area contributed by atoms with Crippen LogP contribution in [0.4, 0.5) is 16.3 Å². The van der Waals surface area contributed by atoms with E-state index in [1.807, 2.05) is 29.2 Å². The molecule has 4 heterocycles. The Labute approximate surface area is 169 Å². The summed E-state index contributed by atoms with van der Waals surface area (Å²) >= 11 is 0. The standard InChI is InChI=1S/C21H26N6O2/c28-20-15-6-4-7-16(19(15)17-8-5-11-27(17)20)22-21(29)23-18-12-14(24-25-18)13-26-9-2-1-3-10-26/h4,6-7,12,17H,1-3,5,8-11,13H2,(H3,22,23,24,25,29). The molecule has 29 heavy (non-hydrogen) atoms. The van der Waals surface area contributed by atoms with Gasteiger partial charge in [-0.2, -0.15) is 5.10 Å². The number of urea groups is 1. The third-order valence-corrected chi connectivity index (χ3v) is 6.15. The van der Waals surface area contributed by atoms with Crippen molar-refractivity contribution < 1.29 is 9.59 Å². The molecule has 0 radical (unpaired) electrons. The molecule has 8 nitrogen and oxygen atoms in total. The highest BCUT2D eigenvalue weighted by Crippen LogP contribution is 2.44. The van der Waals surface area contributed by atoms with E-state index in [-0.39, 0.29) is 18.0 Å². The molecule has 8 heteroatoms. The number of rotatable bonds is 4. The number of amides is 3. The Morgan fingerprint density at radius 3 is 2.86 bits per heavy atom. The molecular weight excluding hydrogens is 368 g/mol. The van der Waals surface area contributed by atoms with Gasteiger partial charge in [0, 0.05) is 36.0 Å². The van der Waals surface area contributed by atoms with E-state index in [0.717, 1.165) is 50.3 Å². The van der Waals surface area contributed by atoms with E-state index in [1.54, 1.807) is 0 Å². The summed E-state index contributed by atoms with van der Waals surface area (Å²) in [4.78, 5) is 29.4. The van der Waals surface area contributed by atoms with Gasteiger partial charge in [-0.05, 0) is 50.9 Å². The Morgan fingerprint density at radius 1 is 1.14 bits per heavy atom. The Kier molecular flexibility index (Phi) is 4.71. The Bertz CT molecular complexity index is 933. The number of nitrogens with one attached hydrogen (secondary N) is 3. The molecule has 152 valence electrons. The van der Waals surface area contributed by atoms with Crippen molar-refractivity contribution >= 4 is 23.4 Å². The van der Waals surface area contributed by atoms with Crippen molar-refractivity contribution in [3.8, 4) is 0 Å². The van der Waals surface area contributed by atoms with Gasteiger partial charge in [0.15, 0.2) is 5.82 Å². The number of H-pyrrole nitrogens is 1. The topological polar surface area (TPSA) is 93.4 Å². The highest BCUT2D eigenvalue weighted by Gasteiger charge is 2.41. The molecule has 3 amide bonds. The first kappa shape index (κ1) is 18.2. The minimum atomic E-state index is -0.349. The summed E-state index contributed by atoms with van der Waals surface area (Å²) in [7, 11) is 0. The maximum Gasteiger partial charge on any atom is 0.324 e. The van der Waals surface area contributed by atoms with Crippen LogP contribution in [-0.2, 0) is 6.54 Å². The zero-order valence-corrected chi connectivity index (χ0v) is 16.4. The highest BCUT2D eigenvalue weighted by molar-refractivity contribution is 6.05. The number of aromatic nitrogens is 2. The van der Waals surface area contributed by atoms with E-state index in [0.29, 0.717) is 17.1 Å². The third kappa shape index (κ3) is 3.48. The Balaban J connectivity index is 1.25. The second-order valence-corrected chi connectivity index (χ2v) is 8.12. The summed E-state index contributed by atoms with van der Waals surface area (Å²) in [5, 5.41) is 13.0. The predicted molar refractivity (Wildman–Crippen MR) is 110 cm³/mol. The Hall–Kier alpha value is -2.87. The van der Waals surface area contributed by atoms with Gasteiger partial charge >= 0.3 is 6.03 Å². The van der Waals surface area contributed by atoms with E-state index in [2.05, 4.69) is 25.7 Å². The number of hydrogen-bond donors (Lipinski definition) is 3. The van der Waals surface area contributed by atoms with Gasteiger partial charge in [-0.1, -0.05) is 12.5 Å². The predicted octanol–water partition coefficient (Wildman–Crippen LogP) is 3.33. The second-order valence-electron chi connectivity index (χ2n) is 8.12. The molecule has 1 atom stereocenters. The molecule has 0 aliphatic carbocycles. The number of likely N-dealkylation sites (tertiary alicyclic amines) is 1. The highest BCUT2D eigenvalue weighted by atomic mass is 16.2. The molecule has 3 aliphatic rings. The number of aromatic amines is 1. The molecular formula is C21H26N6O2. The van der Waals surface area contributed by atoms with Crippen molar-refractivity contribution in [2.45, 2.75) is 44.7 Å². The monoisotopic (exact) mass is 394 g/mol. The molecule has 3 N–H and O–H groups in total. The Morgan fingerprint density at radius 2 is 2.00 bits per heavy atom. The van der Waals surface area contributed by atoms with Crippen molar-refractivity contribution in [2.24, 2.45) is 0 Å². The molecule has 1 unspecified atom stereocenters. The summed E-state index contributed by atoms with van der Waals surface area (Å²) in [5.74, 6) is 0.571. The number of carbonyl (C=O) groups excluding carboxylic acids is 2. The normalized spacial score (nSPS) is 21.2. The fraction of sp³-hybridized carbons (Fsp3) is 0.476. The lowest BCUT2D eigenvalue weighted by Gasteiger charge is -2.25. The van der Waals surface area contributed by atoms with E-state index < -0.39 is 0 Å². The van der Waals surface area contributed by atoms with Crippen LogP contribution in [0.5, 0.6) is 0 Å². The average Bonchev–Trinajstić information content (AvgIpc) is 3.42. The smallest absolute Gasteiger partial charge is 0.324 e. The maximum atomic E-state index is 12.6. The van der Waals surface area contributed by atoms with Gasteiger partial charge in [-0.25, -0.2) is 4.79 Å². The molecule has 0 bridgehead atoms. The van der Waals surface area contributed by atoms with Gasteiger partial charge in [0.25, 0.3) is 5.91 Å². The molecule has 1 aromatic heterocycles. The zero-order valence-electron chi connectivity index (χ0n) is 16.4. The fourth-order valence-corrected chi connectivity index (χ4v) is 4.82. The van der Waals surface area contributed by atoms with Gasteiger partial charge < -0.3 is 10.2 Å². The average molecular weight is 394 g/mol. The summed E-state index contributed by atoms with van der Waals surface area (Å²) in [6, 6.07) is 7.14. The van der Waals surface area contributed by atoms with Gasteiger partial charge in [0.1, 0.15) is 0 Å². The van der Waals surface area contributed by atoms with Crippen LogP contribution in [0.1, 0.15) is 59.8 Å². The van der Waals surface area contributed by atoms with E-state index >= 15 is 0 Å². The lowest BCUT2D eigenvalue weighted by Crippen LogP contribution is -2.29. The summed E-state index contributed by atoms with van der Waals surface area (Å²) < 4.78 is 0. The SMILES string of the molecule is O=C(Nc1cc(CN2CCCCC2)[nH]n1)Nc1cccc2c1C1CCCN1C2=O. The van der Waals surface area contributed by atoms with Crippen molar-refractivity contribution in [2.75, 3.05) is 30.3 Å². The molecule has 2 fully saturated rings. The van der Waals surface area contributed by atoms with Crippen molar-refractivity contribution in [1.82, 2.24) is 20.0 Å². The molecule has 2 saturated heterocycles. The third-order valence-electron chi connectivity index (χ3n) is 6.15. The van der Waals surface area contributed by atoms with Crippen LogP contribution in [0.2, 0.25) is 0 Å². The molecule has 5 rings (SSSR count). The van der Waals surface area contributed by atoms with E-state index in [4.69, 9.17) is 0 Å². The minimum absolute atomic E-state index is 0.0706. The van der Waals surface area contributed by atoms with Crippen LogP contribution in [0.15, 0.2) is 24.3 Å². The number of fused-ring (bicyclic) bond motifs is 3. The first-order chi connectivity index (χ1) is 14.2. The number of carbonyl (C=O) groups is 2. The minimum Gasteiger partial charge on any atom is -0.331 e. The van der Waals surface area contributed by atoms with E-state index in [9.17, 15) is 9.59 Å². The van der Waals surface area contributed by atoms with Crippen LogP contribution >= 0.6 is 0 Å². The number of hydrogen-bond acceptors (Lipinski definition) is 4. The first-order valence-electron chi connectivity index (χ1n) is 10.5. The van der Waals surface area contributed by atoms with Gasteiger partial charge in [0.05, 0.1) is 11.7 Å². The molecule has 1 aromatic carbocycles. The number of nitrogens with zero attached hydrogens (tertiary/aromatic N) is 3. The quantitative estimate of drug-likeness (QED) is 0.741. The second kappa shape index (κ2) is 7.51. The van der Waals surface area contributed by atoms with Crippen molar-refractivity contribution in [1.29, 1.82) is 0 Å². The molecule has 3 aliphatic heterocycles. The summed E-state index contributed by atoms with van der Waals surface area (Å²) in [6.45, 7) is 3.83. The van der Waals surface area contributed by atoms with Crippen LogP contribution in [0, 0.1) is 0 Å². The van der Waals surface area contributed by atoms with Gasteiger partial charge in [-0.3, -0.25) is 20.1 Å². The molecule has 0 saturated carbocycles. The largest absolute Gasteiger partial charge is 0.331 e. The number of benzene rings is 1. The fourth-order valence-electron chi connectivity index (χ4n) is 4.82. The van der Waals surface area contributed by atoms with Crippen LogP contribution in [0.25, 0.3) is 0 Å². The van der Waals surface area contributed by atoms with Crippen LogP contribution < -0.4 is 10.6 Å². The number of anilines is 2. The van der Waals surface area contributed by atoms with Crippen molar-refractivity contribution in [3.05, 3.63) is 41.1 Å². The number of piperidine rings is 1. The molecule has 0 spiro atoms. The van der Waals surface area contributed by atoms with Gasteiger partial charge in [-0.15, -0.1) is 0 Å². The lowest BCUT2D eigenvalue weighted by molar-refractivity contribution is 0.0776. The lowest BCUT2D eigenvalue weighted by atomic mass is 10.0. The van der Waals surface area contributed by atoms with Crippen molar-refractivity contribution in [3.63, 3.8) is 0 Å². The zero-order chi connectivity index (χ0) is 19.8. The maximum absolute atomic E-state index is 12.6. The summed E-state index contributed by atoms with van der Waals surface area (Å²) in [5.41, 5.74) is 3.34. The van der Waals surface area contributed by atoms with Crippen LogP contribution in [0.3, 0.4) is 0 Å². The molecule has 2 aromatic rings.